The number of hydrogen-bond acceptors (Lipinski definition) is 3. The number of amides is 2. The summed E-state index contributed by atoms with van der Waals surface area (Å²) in [6.45, 7) is 2.16. The van der Waals surface area contributed by atoms with Crippen LogP contribution in [0.4, 0.5) is 0 Å². The second kappa shape index (κ2) is 10.6. The van der Waals surface area contributed by atoms with Crippen LogP contribution in [-0.4, -0.2) is 27.7 Å². The predicted octanol–water partition coefficient (Wildman–Crippen LogP) is 4.01. The number of hydrogen-bond donors (Lipinski definition) is 1. The third-order valence-electron chi connectivity index (χ3n) is 4.81. The number of carbonyl (C=O) groups is 2. The van der Waals surface area contributed by atoms with E-state index in [0.29, 0.717) is 24.5 Å². The molecule has 1 atom stereocenters. The van der Waals surface area contributed by atoms with Gasteiger partial charge in [-0.05, 0) is 34.9 Å². The molecule has 3 aromatic rings. The van der Waals surface area contributed by atoms with Gasteiger partial charge in [0.25, 0.3) is 0 Å². The van der Waals surface area contributed by atoms with Gasteiger partial charge in [0.2, 0.25) is 11.8 Å². The predicted molar refractivity (Wildman–Crippen MR) is 118 cm³/mol. The molecule has 0 spiro atoms. The van der Waals surface area contributed by atoms with E-state index in [1.807, 2.05) is 54.6 Å². The third-order valence-corrected chi connectivity index (χ3v) is 5.06. The third kappa shape index (κ3) is 6.16. The zero-order chi connectivity index (χ0) is 21.3. The van der Waals surface area contributed by atoms with Crippen molar-refractivity contribution in [2.45, 2.75) is 32.5 Å². The minimum Gasteiger partial charge on any atom is -0.350 e. The molecule has 154 valence electrons. The van der Waals surface area contributed by atoms with E-state index in [1.165, 1.54) is 6.92 Å². The van der Waals surface area contributed by atoms with E-state index in [2.05, 4.69) is 10.3 Å². The van der Waals surface area contributed by atoms with Crippen molar-refractivity contribution in [3.05, 3.63) is 101 Å². The number of pyridine rings is 1. The van der Waals surface area contributed by atoms with Crippen LogP contribution in [0.5, 0.6) is 0 Å². The van der Waals surface area contributed by atoms with Crippen molar-refractivity contribution >= 4 is 23.4 Å². The lowest BCUT2D eigenvalue weighted by molar-refractivity contribution is -0.139. The first-order valence-corrected chi connectivity index (χ1v) is 10.1. The summed E-state index contributed by atoms with van der Waals surface area (Å²) in [5.41, 5.74) is 2.80. The fourth-order valence-corrected chi connectivity index (χ4v) is 3.34. The molecule has 0 aliphatic heterocycles. The Morgan fingerprint density at radius 2 is 1.67 bits per heavy atom. The van der Waals surface area contributed by atoms with Crippen LogP contribution >= 0.6 is 11.6 Å². The maximum absolute atomic E-state index is 13.2. The molecule has 0 saturated carbocycles. The molecule has 2 amide bonds. The van der Waals surface area contributed by atoms with Crippen molar-refractivity contribution in [2.24, 2.45) is 0 Å². The van der Waals surface area contributed by atoms with Gasteiger partial charge in [0.15, 0.2) is 0 Å². The number of carbonyl (C=O) groups excluding carboxylic acids is 2. The SMILES string of the molecule is CC(=O)N(Cc1ccc(Cl)cc1)C(Cc1ccccc1)C(=O)NCc1cccnc1. The van der Waals surface area contributed by atoms with Crippen LogP contribution in [0.2, 0.25) is 5.02 Å². The van der Waals surface area contributed by atoms with Crippen LogP contribution in [0.1, 0.15) is 23.6 Å². The van der Waals surface area contributed by atoms with Crippen LogP contribution in [-0.2, 0) is 29.1 Å². The highest BCUT2D eigenvalue weighted by Gasteiger charge is 2.28. The summed E-state index contributed by atoms with van der Waals surface area (Å²) in [4.78, 5) is 31.4. The number of benzene rings is 2. The molecular weight excluding hydrogens is 398 g/mol. The van der Waals surface area contributed by atoms with Crippen LogP contribution in [0.3, 0.4) is 0 Å². The standard InChI is InChI=1S/C24H24ClN3O2/c1-18(29)28(17-20-9-11-22(25)12-10-20)23(14-19-6-3-2-4-7-19)24(30)27-16-21-8-5-13-26-15-21/h2-13,15,23H,14,16-17H2,1H3,(H,27,30). The van der Waals surface area contributed by atoms with Crippen molar-refractivity contribution < 1.29 is 9.59 Å². The van der Waals surface area contributed by atoms with E-state index in [9.17, 15) is 9.59 Å². The van der Waals surface area contributed by atoms with E-state index < -0.39 is 6.04 Å². The van der Waals surface area contributed by atoms with E-state index in [4.69, 9.17) is 11.6 Å². The van der Waals surface area contributed by atoms with Crippen LogP contribution < -0.4 is 5.32 Å². The number of nitrogens with zero attached hydrogens (tertiary/aromatic N) is 2. The molecule has 1 aromatic heterocycles. The second-order valence-electron chi connectivity index (χ2n) is 7.06. The fourth-order valence-electron chi connectivity index (χ4n) is 3.22. The van der Waals surface area contributed by atoms with Crippen molar-refractivity contribution in [1.29, 1.82) is 0 Å². The minimum atomic E-state index is -0.641. The van der Waals surface area contributed by atoms with Gasteiger partial charge < -0.3 is 10.2 Å². The molecule has 0 aliphatic rings. The van der Waals surface area contributed by atoms with Gasteiger partial charge in [0, 0.05) is 43.9 Å². The molecule has 1 unspecified atom stereocenters. The first kappa shape index (κ1) is 21.5. The number of halogens is 1. The lowest BCUT2D eigenvalue weighted by Crippen LogP contribution is -2.49. The highest BCUT2D eigenvalue weighted by atomic mass is 35.5. The van der Waals surface area contributed by atoms with Gasteiger partial charge >= 0.3 is 0 Å². The molecule has 3 rings (SSSR count). The van der Waals surface area contributed by atoms with Gasteiger partial charge in [-0.25, -0.2) is 0 Å². The van der Waals surface area contributed by atoms with Crippen LogP contribution in [0.15, 0.2) is 79.1 Å². The molecule has 0 aliphatic carbocycles. The summed E-state index contributed by atoms with van der Waals surface area (Å²) < 4.78 is 0. The number of rotatable bonds is 8. The summed E-state index contributed by atoms with van der Waals surface area (Å²) in [6, 6.07) is 20.1. The number of aromatic nitrogens is 1. The average molecular weight is 422 g/mol. The smallest absolute Gasteiger partial charge is 0.243 e. The minimum absolute atomic E-state index is 0.164. The maximum atomic E-state index is 13.2. The molecule has 2 aromatic carbocycles. The summed E-state index contributed by atoms with van der Waals surface area (Å²) >= 11 is 5.98. The molecule has 1 heterocycles. The van der Waals surface area contributed by atoms with Crippen molar-refractivity contribution in [3.8, 4) is 0 Å². The Kier molecular flexibility index (Phi) is 7.57. The average Bonchev–Trinajstić information content (AvgIpc) is 2.77. The van der Waals surface area contributed by atoms with Gasteiger partial charge in [0.1, 0.15) is 6.04 Å². The lowest BCUT2D eigenvalue weighted by Gasteiger charge is -2.30. The van der Waals surface area contributed by atoms with Gasteiger partial charge in [-0.15, -0.1) is 0 Å². The van der Waals surface area contributed by atoms with Crippen LogP contribution in [0.25, 0.3) is 0 Å². The Morgan fingerprint density at radius 1 is 0.967 bits per heavy atom. The van der Waals surface area contributed by atoms with E-state index in [-0.39, 0.29) is 11.8 Å². The number of nitrogens with one attached hydrogen (secondary N) is 1. The Hall–Kier alpha value is -3.18. The monoisotopic (exact) mass is 421 g/mol. The summed E-state index contributed by atoms with van der Waals surface area (Å²) in [5.74, 6) is -0.366. The molecule has 5 nitrogen and oxygen atoms in total. The maximum Gasteiger partial charge on any atom is 0.243 e. The summed E-state index contributed by atoms with van der Waals surface area (Å²) in [7, 11) is 0. The van der Waals surface area contributed by atoms with Gasteiger partial charge in [-0.1, -0.05) is 60.1 Å². The van der Waals surface area contributed by atoms with Crippen molar-refractivity contribution in [3.63, 3.8) is 0 Å². The Labute approximate surface area is 181 Å². The molecule has 0 saturated heterocycles. The molecule has 30 heavy (non-hydrogen) atoms. The highest BCUT2D eigenvalue weighted by Crippen LogP contribution is 2.16. The Bertz CT molecular complexity index is 963. The first-order chi connectivity index (χ1) is 14.5. The van der Waals surface area contributed by atoms with E-state index in [1.54, 1.807) is 29.4 Å². The van der Waals surface area contributed by atoms with Crippen LogP contribution in [0, 0.1) is 0 Å². The summed E-state index contributed by atoms with van der Waals surface area (Å²) in [5, 5.41) is 3.58. The van der Waals surface area contributed by atoms with Gasteiger partial charge in [0.05, 0.1) is 0 Å². The zero-order valence-corrected chi connectivity index (χ0v) is 17.5. The largest absolute Gasteiger partial charge is 0.350 e. The Balaban J connectivity index is 1.82. The highest BCUT2D eigenvalue weighted by molar-refractivity contribution is 6.30. The molecule has 0 radical (unpaired) electrons. The second-order valence-corrected chi connectivity index (χ2v) is 7.49. The van der Waals surface area contributed by atoms with Crippen molar-refractivity contribution in [1.82, 2.24) is 15.2 Å². The first-order valence-electron chi connectivity index (χ1n) is 9.75. The topological polar surface area (TPSA) is 62.3 Å². The Morgan fingerprint density at radius 3 is 2.30 bits per heavy atom. The quantitative estimate of drug-likeness (QED) is 0.597. The normalized spacial score (nSPS) is 11.5. The lowest BCUT2D eigenvalue weighted by atomic mass is 10.0. The molecule has 6 heteroatoms. The van der Waals surface area contributed by atoms with E-state index in [0.717, 1.165) is 16.7 Å². The molecule has 0 fully saturated rings. The van der Waals surface area contributed by atoms with Crippen molar-refractivity contribution in [2.75, 3.05) is 0 Å². The van der Waals surface area contributed by atoms with Gasteiger partial charge in [-0.3, -0.25) is 14.6 Å². The van der Waals surface area contributed by atoms with Gasteiger partial charge in [-0.2, -0.15) is 0 Å². The molecule has 0 bridgehead atoms. The molecular formula is C24H24ClN3O2. The zero-order valence-electron chi connectivity index (χ0n) is 16.8. The fraction of sp³-hybridized carbons (Fsp3) is 0.208. The molecule has 1 N–H and O–H groups in total. The summed E-state index contributed by atoms with van der Waals surface area (Å²) in [6.07, 6.45) is 3.82. The van der Waals surface area contributed by atoms with E-state index >= 15 is 0 Å².